The quantitative estimate of drug-likeness (QED) is 0.347. The van der Waals surface area contributed by atoms with Crippen molar-refractivity contribution in [3.8, 4) is 5.75 Å². The Kier molecular flexibility index (Phi) is 10.9. The van der Waals surface area contributed by atoms with E-state index in [1.165, 1.54) is 18.1 Å². The van der Waals surface area contributed by atoms with E-state index in [0.29, 0.717) is 22.2 Å². The molecule has 12 heteroatoms. The smallest absolute Gasteiger partial charge is 0.318 e. The molecule has 0 spiro atoms. The number of aliphatic hydroxyl groups is 2. The first-order chi connectivity index (χ1) is 17.0. The number of nitrogens with zero attached hydrogens (tertiary/aromatic N) is 1. The minimum atomic E-state index is -1.84. The number of benzene rings is 2. The van der Waals surface area contributed by atoms with Crippen molar-refractivity contribution in [3.05, 3.63) is 53.8 Å². The lowest BCUT2D eigenvalue weighted by Crippen LogP contribution is -2.57. The topological polar surface area (TPSA) is 123 Å². The second-order valence-electron chi connectivity index (χ2n) is 9.96. The highest BCUT2D eigenvalue weighted by molar-refractivity contribution is 6.88. The van der Waals surface area contributed by atoms with Crippen molar-refractivity contribution in [1.82, 2.24) is 15.5 Å². The summed E-state index contributed by atoms with van der Waals surface area (Å²) in [5.74, 6) is -0.236. The number of aliphatic hydroxyl groups excluding tert-OH is 2. The van der Waals surface area contributed by atoms with Gasteiger partial charge in [0.25, 0.3) is 5.91 Å². The lowest BCUT2D eigenvalue weighted by atomic mass is 10.1. The van der Waals surface area contributed by atoms with Crippen LogP contribution in [0.25, 0.3) is 0 Å². The van der Waals surface area contributed by atoms with Crippen LogP contribution >= 0.6 is 12.4 Å². The van der Waals surface area contributed by atoms with Crippen LogP contribution in [0.3, 0.4) is 0 Å². The van der Waals surface area contributed by atoms with E-state index in [-0.39, 0.29) is 37.4 Å². The monoisotopic (exact) mass is 554 g/mol. The molecular formula is C25H36ClFN4O5Si. The van der Waals surface area contributed by atoms with E-state index in [2.05, 4.69) is 16.0 Å². The first-order valence-electron chi connectivity index (χ1n) is 11.8. The average Bonchev–Trinajstić information content (AvgIpc) is 2.78. The van der Waals surface area contributed by atoms with Crippen molar-refractivity contribution < 1.29 is 28.9 Å². The van der Waals surface area contributed by atoms with Crippen molar-refractivity contribution in [3.63, 3.8) is 0 Å². The predicted octanol–water partition coefficient (Wildman–Crippen LogP) is 1.82. The Morgan fingerprint density at radius 2 is 1.68 bits per heavy atom. The molecule has 2 saturated heterocycles. The molecule has 5 N–H and O–H groups in total. The van der Waals surface area contributed by atoms with Gasteiger partial charge in [0.2, 0.25) is 0 Å². The van der Waals surface area contributed by atoms with Gasteiger partial charge in [0, 0.05) is 18.8 Å². The Morgan fingerprint density at radius 1 is 1.08 bits per heavy atom. The van der Waals surface area contributed by atoms with Gasteiger partial charge >= 0.3 is 6.03 Å². The van der Waals surface area contributed by atoms with E-state index in [9.17, 15) is 19.1 Å². The molecule has 2 aromatic rings. The van der Waals surface area contributed by atoms with E-state index < -0.39 is 32.2 Å². The van der Waals surface area contributed by atoms with E-state index in [1.54, 1.807) is 36.4 Å². The van der Waals surface area contributed by atoms with Crippen molar-refractivity contribution in [1.29, 1.82) is 0 Å². The summed E-state index contributed by atoms with van der Waals surface area (Å²) in [6, 6.07) is 9.98. The zero-order chi connectivity index (χ0) is 26.5. The second-order valence-corrected chi connectivity index (χ2v) is 15.0. The molecular weight excluding hydrogens is 519 g/mol. The maximum absolute atomic E-state index is 14.6. The zero-order valence-corrected chi connectivity index (χ0v) is 23.3. The molecule has 2 fully saturated rings. The van der Waals surface area contributed by atoms with Crippen LogP contribution in [-0.4, -0.2) is 80.6 Å². The van der Waals surface area contributed by atoms with Crippen molar-refractivity contribution in [2.24, 2.45) is 0 Å². The number of halogens is 2. The Labute approximate surface area is 223 Å². The van der Waals surface area contributed by atoms with Crippen LogP contribution in [0.4, 0.5) is 14.9 Å². The molecule has 0 saturated carbocycles. The Morgan fingerprint density at radius 3 is 2.11 bits per heavy atom. The molecule has 0 aromatic heterocycles. The van der Waals surface area contributed by atoms with Gasteiger partial charge in [-0.3, -0.25) is 4.79 Å². The van der Waals surface area contributed by atoms with E-state index in [0.717, 1.165) is 13.1 Å². The number of carbonyl (C=O) groups excluding carboxylic acids is 2. The van der Waals surface area contributed by atoms with Crippen molar-refractivity contribution in [2.75, 3.05) is 38.6 Å². The molecule has 1 unspecified atom stereocenters. The highest BCUT2D eigenvalue weighted by Gasteiger charge is 2.32. The lowest BCUT2D eigenvalue weighted by Gasteiger charge is -2.36. The van der Waals surface area contributed by atoms with Gasteiger partial charge in [-0.25, -0.2) is 9.18 Å². The second kappa shape index (κ2) is 13.2. The summed E-state index contributed by atoms with van der Waals surface area (Å²) in [7, 11) is -0.308. The number of anilines is 1. The molecule has 204 valence electrons. The van der Waals surface area contributed by atoms with Crippen LogP contribution in [0.5, 0.6) is 5.75 Å². The number of rotatable bonds is 6. The molecule has 1 atom stereocenters. The van der Waals surface area contributed by atoms with E-state index in [4.69, 9.17) is 9.84 Å². The number of likely N-dealkylation sites (tertiary alicyclic amines) is 1. The van der Waals surface area contributed by atoms with Crippen LogP contribution in [0.15, 0.2) is 42.5 Å². The first kappa shape index (κ1) is 30.5. The summed E-state index contributed by atoms with van der Waals surface area (Å²) >= 11 is 0. The lowest BCUT2D eigenvalue weighted by molar-refractivity contribution is -0.118. The number of carbonyl (C=O) groups is 2. The van der Waals surface area contributed by atoms with Gasteiger partial charge in [-0.05, 0) is 35.0 Å². The van der Waals surface area contributed by atoms with Crippen LogP contribution in [-0.2, 0) is 4.79 Å². The number of methoxy groups -OCH3 is 1. The zero-order valence-electron chi connectivity index (χ0n) is 21.5. The fourth-order valence-corrected chi connectivity index (χ4v) is 4.99. The minimum absolute atomic E-state index is 0. The fraction of sp³-hybridized carbons (Fsp3) is 0.440. The van der Waals surface area contributed by atoms with Crippen LogP contribution in [0.2, 0.25) is 19.6 Å². The Hall–Kier alpha value is -2.70. The molecule has 2 aliphatic heterocycles. The number of β-amino-alcohol motifs (C(OH)–C–C–N with tert-alkyl or cyclic N) is 2. The molecule has 4 rings (SSSR count). The predicted molar refractivity (Wildman–Crippen MR) is 146 cm³/mol. The van der Waals surface area contributed by atoms with Gasteiger partial charge in [0.1, 0.15) is 17.6 Å². The van der Waals surface area contributed by atoms with Crippen LogP contribution in [0.1, 0.15) is 11.6 Å². The highest BCUT2D eigenvalue weighted by Crippen LogP contribution is 2.21. The fourth-order valence-electron chi connectivity index (χ4n) is 3.62. The van der Waals surface area contributed by atoms with E-state index in [1.807, 2.05) is 19.6 Å². The summed E-state index contributed by atoms with van der Waals surface area (Å²) in [5, 5.41) is 26.8. The summed E-state index contributed by atoms with van der Waals surface area (Å²) in [6.07, 6.45) is -0.595. The molecule has 0 radical (unpaired) electrons. The Balaban J connectivity index is 0.000000716. The van der Waals surface area contributed by atoms with Crippen molar-refractivity contribution >= 4 is 43.3 Å². The molecule has 37 heavy (non-hydrogen) atoms. The van der Waals surface area contributed by atoms with Gasteiger partial charge in [-0.2, -0.15) is 0 Å². The van der Waals surface area contributed by atoms with Crippen LogP contribution in [0, 0.1) is 5.82 Å². The molecule has 2 aromatic carbocycles. The molecule has 2 aliphatic rings. The van der Waals surface area contributed by atoms with Gasteiger partial charge < -0.3 is 35.8 Å². The van der Waals surface area contributed by atoms with E-state index >= 15 is 0 Å². The maximum Gasteiger partial charge on any atom is 0.318 e. The molecule has 2 heterocycles. The van der Waals surface area contributed by atoms with Gasteiger partial charge in [0.15, 0.2) is 0 Å². The minimum Gasteiger partial charge on any atom is -0.497 e. The van der Waals surface area contributed by atoms with Crippen LogP contribution < -0.4 is 25.9 Å². The normalized spacial score (nSPS) is 16.1. The number of hydrogen-bond donors (Lipinski definition) is 5. The summed E-state index contributed by atoms with van der Waals surface area (Å²) in [6.45, 7) is 8.15. The first-order valence-corrected chi connectivity index (χ1v) is 15.3. The largest absolute Gasteiger partial charge is 0.497 e. The maximum atomic E-state index is 14.6. The number of ether oxygens (including phenoxy) is 1. The summed E-state index contributed by atoms with van der Waals surface area (Å²) in [4.78, 5) is 27.0. The summed E-state index contributed by atoms with van der Waals surface area (Å²) in [5.41, 5.74) is 0.864. The third-order valence-corrected chi connectivity index (χ3v) is 7.95. The third kappa shape index (κ3) is 8.40. The van der Waals surface area contributed by atoms with Gasteiger partial charge in [-0.1, -0.05) is 37.8 Å². The van der Waals surface area contributed by atoms with Gasteiger partial charge in [0.05, 0.1) is 40.5 Å². The third-order valence-electron chi connectivity index (χ3n) is 5.93. The Bertz CT molecular complexity index is 1060. The van der Waals surface area contributed by atoms with Crippen molar-refractivity contribution in [2.45, 2.75) is 37.9 Å². The number of urea groups is 1. The average molecular weight is 555 g/mol. The molecule has 0 aliphatic carbocycles. The number of hydrogen-bond acceptors (Lipinski definition) is 6. The standard InChI is InChI=1S/C22H28FN3O4Si.C3H7NO.ClH/c1-30-17-8-5-14(6-9-17)20(25-22(29)26-12-16(27)13-26)21(28)24-15-7-10-19(18(23)11-15)31(2,3)4;5-3-1-4-2-3;/h5-11,16,20,27H,12-13H2,1-4H3,(H,24,28)(H,25,29);3-5H,1-2H2;1H. The molecule has 9 nitrogen and oxygen atoms in total. The highest BCUT2D eigenvalue weighted by atomic mass is 35.5. The SMILES string of the molecule is COc1ccc(C(NC(=O)N2CC(O)C2)C(=O)Nc2ccc([Si](C)(C)C)c(F)c2)cc1.Cl.OC1CNC1. The van der Waals surface area contributed by atoms with Gasteiger partial charge in [-0.15, -0.1) is 12.4 Å². The summed E-state index contributed by atoms with van der Waals surface area (Å²) < 4.78 is 19.7. The number of amides is 3. The number of nitrogens with one attached hydrogen (secondary N) is 3. The molecule has 0 bridgehead atoms. The molecule has 3 amide bonds.